The first kappa shape index (κ1) is 17.6. The summed E-state index contributed by atoms with van der Waals surface area (Å²) in [5.74, 6) is -2.21. The minimum absolute atomic E-state index is 0.349. The minimum atomic E-state index is -4.11. The first-order chi connectivity index (χ1) is 9.39. The van der Waals surface area contributed by atoms with Gasteiger partial charge in [0, 0.05) is 13.1 Å². The monoisotopic (exact) mass is 317 g/mol. The number of carboxylic acids is 1. The number of halogens is 1. The maximum Gasteiger partial charge on any atom is 0.337 e. The van der Waals surface area contributed by atoms with Crippen molar-refractivity contribution in [2.45, 2.75) is 38.6 Å². The van der Waals surface area contributed by atoms with Gasteiger partial charge in [0.25, 0.3) is 0 Å². The first-order valence-electron chi connectivity index (χ1n) is 6.40. The van der Waals surface area contributed by atoms with Crippen molar-refractivity contribution in [2.24, 2.45) is 5.41 Å². The van der Waals surface area contributed by atoms with Crippen molar-refractivity contribution in [1.82, 2.24) is 4.31 Å². The molecule has 0 aliphatic heterocycles. The standard InChI is InChI=1S/C14H20FNO4S/c1-9(14(2,3)4)16(5)21(19,20)12-8-10(15)6-7-11(12)13(17)18/h6-9H,1-5H3,(H,17,18). The van der Waals surface area contributed by atoms with Crippen molar-refractivity contribution in [3.05, 3.63) is 29.6 Å². The molecule has 5 nitrogen and oxygen atoms in total. The third kappa shape index (κ3) is 3.59. The van der Waals surface area contributed by atoms with Crippen molar-refractivity contribution in [3.8, 4) is 0 Å². The first-order valence-corrected chi connectivity index (χ1v) is 7.84. The van der Waals surface area contributed by atoms with Gasteiger partial charge in [-0.1, -0.05) is 20.8 Å². The summed E-state index contributed by atoms with van der Waals surface area (Å²) in [4.78, 5) is 10.6. The van der Waals surface area contributed by atoms with Gasteiger partial charge in [0.1, 0.15) is 5.82 Å². The van der Waals surface area contributed by atoms with Crippen molar-refractivity contribution >= 4 is 16.0 Å². The van der Waals surface area contributed by atoms with Crippen LogP contribution in [0.2, 0.25) is 0 Å². The van der Waals surface area contributed by atoms with Crippen LogP contribution in [0.3, 0.4) is 0 Å². The lowest BCUT2D eigenvalue weighted by atomic mass is 9.88. The van der Waals surface area contributed by atoms with E-state index in [1.54, 1.807) is 6.92 Å². The molecule has 0 fully saturated rings. The van der Waals surface area contributed by atoms with E-state index in [0.29, 0.717) is 0 Å². The zero-order valence-corrected chi connectivity index (χ0v) is 13.5. The number of sulfonamides is 1. The molecular formula is C14H20FNO4S. The van der Waals surface area contributed by atoms with Crippen molar-refractivity contribution in [1.29, 1.82) is 0 Å². The van der Waals surface area contributed by atoms with Crippen molar-refractivity contribution in [3.63, 3.8) is 0 Å². The highest BCUT2D eigenvalue weighted by Crippen LogP contribution is 2.29. The molecule has 7 heteroatoms. The van der Waals surface area contributed by atoms with E-state index in [1.807, 2.05) is 20.8 Å². The van der Waals surface area contributed by atoms with Gasteiger partial charge in [0.2, 0.25) is 10.0 Å². The lowest BCUT2D eigenvalue weighted by Gasteiger charge is -2.34. The summed E-state index contributed by atoms with van der Waals surface area (Å²) < 4.78 is 39.6. The second-order valence-electron chi connectivity index (χ2n) is 6.01. The Kier molecular flexibility index (Phi) is 4.80. The highest BCUT2D eigenvalue weighted by Gasteiger charge is 2.34. The van der Waals surface area contributed by atoms with E-state index in [4.69, 9.17) is 5.11 Å². The number of nitrogens with zero attached hydrogens (tertiary/aromatic N) is 1. The van der Waals surface area contributed by atoms with E-state index >= 15 is 0 Å². The predicted octanol–water partition coefficient (Wildman–Crippen LogP) is 2.58. The molecule has 0 amide bonds. The third-order valence-corrected chi connectivity index (χ3v) is 5.60. The van der Waals surface area contributed by atoms with E-state index in [0.717, 1.165) is 22.5 Å². The Hall–Kier alpha value is -1.47. The molecule has 0 heterocycles. The minimum Gasteiger partial charge on any atom is -0.478 e. The van der Waals surface area contributed by atoms with Gasteiger partial charge in [-0.15, -0.1) is 0 Å². The lowest BCUT2D eigenvalue weighted by Crippen LogP contribution is -2.43. The molecule has 0 bridgehead atoms. The van der Waals surface area contributed by atoms with E-state index in [2.05, 4.69) is 0 Å². The summed E-state index contributed by atoms with van der Waals surface area (Å²) in [6.45, 7) is 7.32. The average molecular weight is 317 g/mol. The molecular weight excluding hydrogens is 297 g/mol. The second kappa shape index (κ2) is 5.73. The molecule has 0 aliphatic carbocycles. The summed E-state index contributed by atoms with van der Waals surface area (Å²) in [6.07, 6.45) is 0. The number of benzene rings is 1. The fourth-order valence-electron chi connectivity index (χ4n) is 1.79. The molecule has 1 atom stereocenters. The van der Waals surface area contributed by atoms with Gasteiger partial charge in [-0.05, 0) is 30.5 Å². The maximum absolute atomic E-state index is 13.4. The molecule has 0 radical (unpaired) electrons. The number of hydrogen-bond donors (Lipinski definition) is 1. The van der Waals surface area contributed by atoms with E-state index in [1.165, 1.54) is 7.05 Å². The van der Waals surface area contributed by atoms with Crippen LogP contribution < -0.4 is 0 Å². The number of hydrogen-bond acceptors (Lipinski definition) is 3. The Morgan fingerprint density at radius 2 is 1.86 bits per heavy atom. The van der Waals surface area contributed by atoms with E-state index in [-0.39, 0.29) is 5.41 Å². The third-order valence-electron chi connectivity index (χ3n) is 3.63. The number of carboxylic acid groups (broad SMARTS) is 1. The smallest absolute Gasteiger partial charge is 0.337 e. The van der Waals surface area contributed by atoms with Crippen LogP contribution in [0.1, 0.15) is 38.1 Å². The van der Waals surface area contributed by atoms with Crippen LogP contribution in [0.5, 0.6) is 0 Å². The number of rotatable bonds is 4. The van der Waals surface area contributed by atoms with E-state index < -0.39 is 38.3 Å². The molecule has 118 valence electrons. The molecule has 0 aliphatic rings. The number of carbonyl (C=O) groups is 1. The Labute approximate surface area is 124 Å². The number of aromatic carboxylic acids is 1. The van der Waals surface area contributed by atoms with Crippen LogP contribution in [0.4, 0.5) is 4.39 Å². The highest BCUT2D eigenvalue weighted by atomic mass is 32.2. The van der Waals surface area contributed by atoms with E-state index in [9.17, 15) is 17.6 Å². The molecule has 0 saturated heterocycles. The summed E-state index contributed by atoms with van der Waals surface area (Å²) in [5, 5.41) is 9.09. The molecule has 0 spiro atoms. The normalized spacial score (nSPS) is 14.2. The zero-order chi connectivity index (χ0) is 16.6. The zero-order valence-electron chi connectivity index (χ0n) is 12.7. The van der Waals surface area contributed by atoms with Gasteiger partial charge in [0.15, 0.2) is 0 Å². The topological polar surface area (TPSA) is 74.7 Å². The molecule has 1 aromatic carbocycles. The van der Waals surface area contributed by atoms with Crippen LogP contribution in [0.25, 0.3) is 0 Å². The van der Waals surface area contributed by atoms with Crippen LogP contribution in [0.15, 0.2) is 23.1 Å². The van der Waals surface area contributed by atoms with Gasteiger partial charge in [0.05, 0.1) is 10.5 Å². The summed E-state index contributed by atoms with van der Waals surface area (Å²) in [7, 11) is -2.74. The van der Waals surface area contributed by atoms with Gasteiger partial charge in [-0.3, -0.25) is 0 Å². The fraction of sp³-hybridized carbons (Fsp3) is 0.500. The van der Waals surface area contributed by atoms with Crippen LogP contribution in [0, 0.1) is 11.2 Å². The fourth-order valence-corrected chi connectivity index (χ4v) is 3.53. The Morgan fingerprint density at radius 3 is 2.29 bits per heavy atom. The van der Waals surface area contributed by atoms with Gasteiger partial charge in [-0.25, -0.2) is 17.6 Å². The quantitative estimate of drug-likeness (QED) is 0.926. The SMILES string of the molecule is CC(N(C)S(=O)(=O)c1cc(F)ccc1C(=O)O)C(C)(C)C. The van der Waals surface area contributed by atoms with Crippen molar-refractivity contribution in [2.75, 3.05) is 7.05 Å². The molecule has 0 saturated carbocycles. The molecule has 1 N–H and O–H groups in total. The van der Waals surface area contributed by atoms with Crippen LogP contribution in [-0.4, -0.2) is 36.9 Å². The molecule has 1 rings (SSSR count). The van der Waals surface area contributed by atoms with Gasteiger partial charge in [-0.2, -0.15) is 4.31 Å². The summed E-state index contributed by atoms with van der Waals surface area (Å²) in [6, 6.07) is 2.23. The Bertz CT molecular complexity index is 649. The molecule has 1 unspecified atom stereocenters. The average Bonchev–Trinajstić information content (AvgIpc) is 2.35. The summed E-state index contributed by atoms with van der Waals surface area (Å²) in [5.41, 5.74) is -0.789. The van der Waals surface area contributed by atoms with Crippen LogP contribution in [-0.2, 0) is 10.0 Å². The lowest BCUT2D eigenvalue weighted by molar-refractivity contribution is 0.0692. The second-order valence-corrected chi connectivity index (χ2v) is 7.97. The van der Waals surface area contributed by atoms with Crippen molar-refractivity contribution < 1.29 is 22.7 Å². The largest absolute Gasteiger partial charge is 0.478 e. The molecule has 0 aromatic heterocycles. The molecule has 21 heavy (non-hydrogen) atoms. The molecule has 1 aromatic rings. The summed E-state index contributed by atoms with van der Waals surface area (Å²) >= 11 is 0. The van der Waals surface area contributed by atoms with Gasteiger partial charge >= 0.3 is 5.97 Å². The van der Waals surface area contributed by atoms with Gasteiger partial charge < -0.3 is 5.11 Å². The Morgan fingerprint density at radius 1 is 1.33 bits per heavy atom. The Balaban J connectivity index is 3.44. The predicted molar refractivity (Wildman–Crippen MR) is 77.2 cm³/mol. The highest BCUT2D eigenvalue weighted by molar-refractivity contribution is 7.89. The van der Waals surface area contributed by atoms with Crippen LogP contribution >= 0.6 is 0 Å². The maximum atomic E-state index is 13.4.